The zero-order chi connectivity index (χ0) is 15.4. The van der Waals surface area contributed by atoms with Crippen LogP contribution in [0.4, 0.5) is 5.69 Å². The van der Waals surface area contributed by atoms with Gasteiger partial charge >= 0.3 is 5.97 Å². The van der Waals surface area contributed by atoms with Gasteiger partial charge < -0.3 is 10.5 Å². The number of carbonyl (C=O) groups excluding carboxylic acids is 1. The van der Waals surface area contributed by atoms with Crippen molar-refractivity contribution in [3.8, 4) is 0 Å². The van der Waals surface area contributed by atoms with E-state index in [9.17, 15) is 4.79 Å². The monoisotopic (exact) mass is 290 g/mol. The summed E-state index contributed by atoms with van der Waals surface area (Å²) in [5.74, 6) is 0.0451. The topological polar surface area (TPSA) is 55.6 Å². The highest BCUT2D eigenvalue weighted by Crippen LogP contribution is 2.28. The number of rotatable bonds is 4. The molecule has 1 aliphatic carbocycles. The predicted molar refractivity (Wildman–Crippen MR) is 84.8 cm³/mol. The van der Waals surface area contributed by atoms with Crippen molar-refractivity contribution < 1.29 is 9.53 Å². The van der Waals surface area contributed by atoms with Gasteiger partial charge in [-0.1, -0.05) is 12.1 Å². The van der Waals surface area contributed by atoms with Gasteiger partial charge in [-0.25, -0.2) is 0 Å². The van der Waals surface area contributed by atoms with Crippen molar-refractivity contribution in [1.82, 2.24) is 4.90 Å². The quantitative estimate of drug-likeness (QED) is 0.684. The van der Waals surface area contributed by atoms with Crippen molar-refractivity contribution in [1.29, 1.82) is 0 Å². The Morgan fingerprint density at radius 3 is 2.57 bits per heavy atom. The van der Waals surface area contributed by atoms with Gasteiger partial charge in [-0.05, 0) is 56.8 Å². The normalized spacial score (nSPS) is 22.3. The lowest BCUT2D eigenvalue weighted by Gasteiger charge is -2.33. The Labute approximate surface area is 127 Å². The Morgan fingerprint density at radius 2 is 2.00 bits per heavy atom. The summed E-state index contributed by atoms with van der Waals surface area (Å²) in [6.07, 6.45) is 3.99. The van der Waals surface area contributed by atoms with Crippen molar-refractivity contribution in [2.24, 2.45) is 5.92 Å². The van der Waals surface area contributed by atoms with Gasteiger partial charge in [0.15, 0.2) is 0 Å². The van der Waals surface area contributed by atoms with Crippen LogP contribution in [0.3, 0.4) is 0 Å². The maximum absolute atomic E-state index is 11.6. The number of hydrogen-bond acceptors (Lipinski definition) is 4. The number of nitrogen functional groups attached to an aromatic ring is 1. The number of benzene rings is 1. The molecule has 0 spiro atoms. The van der Waals surface area contributed by atoms with Gasteiger partial charge in [-0.3, -0.25) is 9.69 Å². The van der Waals surface area contributed by atoms with Crippen LogP contribution < -0.4 is 5.73 Å². The molecule has 0 heterocycles. The number of aryl methyl sites for hydroxylation is 1. The second-order valence-electron chi connectivity index (χ2n) is 6.13. The molecule has 1 aliphatic rings. The van der Waals surface area contributed by atoms with Gasteiger partial charge in [-0.15, -0.1) is 0 Å². The fourth-order valence-corrected chi connectivity index (χ4v) is 3.17. The van der Waals surface area contributed by atoms with E-state index in [1.807, 2.05) is 13.0 Å². The summed E-state index contributed by atoms with van der Waals surface area (Å²) in [4.78, 5) is 13.9. The second kappa shape index (κ2) is 6.94. The Morgan fingerprint density at radius 1 is 1.33 bits per heavy atom. The molecule has 21 heavy (non-hydrogen) atoms. The molecule has 2 rings (SSSR count). The number of anilines is 1. The molecule has 0 aromatic heterocycles. The highest BCUT2D eigenvalue weighted by Gasteiger charge is 2.28. The van der Waals surface area contributed by atoms with E-state index in [0.717, 1.165) is 43.5 Å². The lowest BCUT2D eigenvalue weighted by Crippen LogP contribution is -2.36. The third-order valence-corrected chi connectivity index (χ3v) is 4.62. The standard InChI is InChI=1S/C17H26N2O2/c1-12-10-13(4-9-16(12)18)11-19(2)15-7-5-14(6-8-15)17(20)21-3/h4,9-10,14-15H,5-8,11,18H2,1-3H3/t14-,15-. The van der Waals surface area contributed by atoms with Gasteiger partial charge in [0.2, 0.25) is 0 Å². The fourth-order valence-electron chi connectivity index (χ4n) is 3.17. The molecule has 0 bridgehead atoms. The van der Waals surface area contributed by atoms with E-state index in [2.05, 4.69) is 24.1 Å². The van der Waals surface area contributed by atoms with E-state index < -0.39 is 0 Å². The third kappa shape index (κ3) is 3.97. The lowest BCUT2D eigenvalue weighted by atomic mass is 9.85. The molecule has 4 heteroatoms. The van der Waals surface area contributed by atoms with Crippen LogP contribution in [0.15, 0.2) is 18.2 Å². The zero-order valence-corrected chi connectivity index (χ0v) is 13.3. The minimum atomic E-state index is -0.0507. The molecule has 116 valence electrons. The largest absolute Gasteiger partial charge is 0.469 e. The van der Waals surface area contributed by atoms with Crippen molar-refractivity contribution in [2.45, 2.75) is 45.2 Å². The summed E-state index contributed by atoms with van der Waals surface area (Å²) >= 11 is 0. The van der Waals surface area contributed by atoms with Gasteiger partial charge in [0.1, 0.15) is 0 Å². The SMILES string of the molecule is COC(=O)[C@H]1CC[C@H](N(C)Cc2ccc(N)c(C)c2)CC1. The minimum Gasteiger partial charge on any atom is -0.469 e. The van der Waals surface area contributed by atoms with E-state index in [1.165, 1.54) is 12.7 Å². The molecule has 0 unspecified atom stereocenters. The molecule has 0 saturated heterocycles. The van der Waals surface area contributed by atoms with Gasteiger partial charge in [0.25, 0.3) is 0 Å². The summed E-state index contributed by atoms with van der Waals surface area (Å²) in [6, 6.07) is 6.78. The Hall–Kier alpha value is -1.55. The molecule has 1 aromatic rings. The van der Waals surface area contributed by atoms with Crippen molar-refractivity contribution in [3.05, 3.63) is 29.3 Å². The summed E-state index contributed by atoms with van der Waals surface area (Å²) in [5, 5.41) is 0. The maximum Gasteiger partial charge on any atom is 0.308 e. The van der Waals surface area contributed by atoms with Crippen molar-refractivity contribution >= 4 is 11.7 Å². The average Bonchev–Trinajstić information content (AvgIpc) is 2.50. The van der Waals surface area contributed by atoms with Crippen LogP contribution >= 0.6 is 0 Å². The predicted octanol–water partition coefficient (Wildman–Crippen LogP) is 2.74. The van der Waals surface area contributed by atoms with E-state index in [4.69, 9.17) is 10.5 Å². The van der Waals surface area contributed by atoms with Crippen LogP contribution in [-0.2, 0) is 16.1 Å². The molecule has 1 fully saturated rings. The van der Waals surface area contributed by atoms with Crippen molar-refractivity contribution in [3.63, 3.8) is 0 Å². The molecular formula is C17H26N2O2. The van der Waals surface area contributed by atoms with E-state index >= 15 is 0 Å². The average molecular weight is 290 g/mol. The summed E-state index contributed by atoms with van der Waals surface area (Å²) < 4.78 is 4.84. The molecule has 0 radical (unpaired) electrons. The highest BCUT2D eigenvalue weighted by molar-refractivity contribution is 5.72. The molecule has 2 N–H and O–H groups in total. The minimum absolute atomic E-state index is 0.0507. The number of ether oxygens (including phenoxy) is 1. The Kier molecular flexibility index (Phi) is 5.23. The van der Waals surface area contributed by atoms with E-state index in [0.29, 0.717) is 6.04 Å². The first-order valence-electron chi connectivity index (χ1n) is 7.64. The van der Waals surface area contributed by atoms with Crippen molar-refractivity contribution in [2.75, 3.05) is 19.9 Å². The molecule has 1 saturated carbocycles. The zero-order valence-electron chi connectivity index (χ0n) is 13.3. The molecule has 4 nitrogen and oxygen atoms in total. The van der Waals surface area contributed by atoms with Crippen LogP contribution in [0.1, 0.15) is 36.8 Å². The van der Waals surface area contributed by atoms with Crippen LogP contribution in [0, 0.1) is 12.8 Å². The first-order valence-corrected chi connectivity index (χ1v) is 7.64. The fraction of sp³-hybridized carbons (Fsp3) is 0.588. The van der Waals surface area contributed by atoms with Crippen LogP contribution in [0.2, 0.25) is 0 Å². The number of esters is 1. The number of methoxy groups -OCH3 is 1. The van der Waals surface area contributed by atoms with Gasteiger partial charge in [0, 0.05) is 18.3 Å². The molecular weight excluding hydrogens is 264 g/mol. The first kappa shape index (κ1) is 15.8. The maximum atomic E-state index is 11.6. The van der Waals surface area contributed by atoms with Crippen LogP contribution in [0.25, 0.3) is 0 Å². The first-order chi connectivity index (χ1) is 10.0. The molecule has 0 aliphatic heterocycles. The van der Waals surface area contributed by atoms with E-state index in [-0.39, 0.29) is 11.9 Å². The summed E-state index contributed by atoms with van der Waals surface area (Å²) in [6.45, 7) is 2.97. The van der Waals surface area contributed by atoms with Crippen LogP contribution in [-0.4, -0.2) is 31.1 Å². The molecule has 0 atom stereocenters. The Balaban J connectivity index is 1.88. The van der Waals surface area contributed by atoms with Gasteiger partial charge in [-0.2, -0.15) is 0 Å². The second-order valence-corrected chi connectivity index (χ2v) is 6.13. The lowest BCUT2D eigenvalue weighted by molar-refractivity contribution is -0.146. The number of nitrogens with two attached hydrogens (primary N) is 1. The highest BCUT2D eigenvalue weighted by atomic mass is 16.5. The van der Waals surface area contributed by atoms with Gasteiger partial charge in [0.05, 0.1) is 13.0 Å². The third-order valence-electron chi connectivity index (χ3n) is 4.62. The molecule has 0 amide bonds. The van der Waals surface area contributed by atoms with Crippen LogP contribution in [0.5, 0.6) is 0 Å². The Bertz CT molecular complexity index is 494. The number of carbonyl (C=O) groups is 1. The summed E-state index contributed by atoms with van der Waals surface area (Å²) in [5.41, 5.74) is 9.13. The molecule has 1 aromatic carbocycles. The van der Waals surface area contributed by atoms with E-state index in [1.54, 1.807) is 0 Å². The summed E-state index contributed by atoms with van der Waals surface area (Å²) in [7, 11) is 3.64. The number of hydrogen-bond donors (Lipinski definition) is 1. The number of nitrogens with zero attached hydrogens (tertiary/aromatic N) is 1. The smallest absolute Gasteiger partial charge is 0.308 e.